The van der Waals surface area contributed by atoms with E-state index in [4.69, 9.17) is 9.97 Å². The summed E-state index contributed by atoms with van der Waals surface area (Å²) >= 11 is 0. The van der Waals surface area contributed by atoms with Crippen LogP contribution < -0.4 is 0 Å². The zero-order valence-electron chi connectivity index (χ0n) is 38.8. The van der Waals surface area contributed by atoms with Crippen LogP contribution in [-0.4, -0.2) is 19.6 Å². The van der Waals surface area contributed by atoms with Crippen molar-refractivity contribution in [3.05, 3.63) is 193 Å². The molecule has 7 aromatic carbocycles. The van der Waals surface area contributed by atoms with E-state index in [0.29, 0.717) is 11.4 Å². The Hall–Kier alpha value is -6.35. The smallest absolute Gasteiger partial charge is 0.148 e. The second-order valence-electron chi connectivity index (χ2n) is 20.1. The molecule has 0 aliphatic heterocycles. The summed E-state index contributed by atoms with van der Waals surface area (Å²) in [5.41, 5.74) is 17.2. The molecule has 0 atom stereocenters. The van der Waals surface area contributed by atoms with E-state index in [1.54, 1.807) is 6.07 Å². The Balaban J connectivity index is 0.00000576. The van der Waals surface area contributed by atoms with Crippen LogP contribution >= 0.6 is 0 Å². The van der Waals surface area contributed by atoms with Crippen LogP contribution in [0, 0.1) is 6.07 Å². The third-order valence-corrected chi connectivity index (χ3v) is 12.3. The molecule has 0 radical (unpaired) electrons. The van der Waals surface area contributed by atoms with Gasteiger partial charge < -0.3 is 5.11 Å². The van der Waals surface area contributed by atoms with Crippen LogP contribution in [0.4, 0.5) is 0 Å². The third-order valence-electron chi connectivity index (χ3n) is 12.3. The molecule has 2 heterocycles. The van der Waals surface area contributed by atoms with Gasteiger partial charge in [0, 0.05) is 38.5 Å². The number of phenolic OH excluding ortho intramolecular Hbond substituents is 1. The topological polar surface area (TPSA) is 50.9 Å². The number of benzene rings is 7. The molecule has 9 aromatic rings. The molecule has 0 unspecified atom stereocenters. The number of hydrogen-bond acceptors (Lipinski definition) is 3. The van der Waals surface area contributed by atoms with Crippen molar-refractivity contribution in [1.29, 1.82) is 0 Å². The van der Waals surface area contributed by atoms with Crippen LogP contribution in [0.1, 0.15) is 79.0 Å². The van der Waals surface area contributed by atoms with Crippen LogP contribution in [-0.2, 0) is 37.3 Å². The van der Waals surface area contributed by atoms with Gasteiger partial charge in [-0.3, -0.25) is 9.55 Å². The van der Waals surface area contributed by atoms with Gasteiger partial charge >= 0.3 is 0 Å². The molecule has 65 heavy (non-hydrogen) atoms. The summed E-state index contributed by atoms with van der Waals surface area (Å²) in [5.74, 6) is 0.818. The van der Waals surface area contributed by atoms with Crippen molar-refractivity contribution in [2.45, 2.75) is 78.6 Å². The summed E-state index contributed by atoms with van der Waals surface area (Å²) < 4.78 is 2.25. The quantitative estimate of drug-likeness (QED) is 0.162. The van der Waals surface area contributed by atoms with Crippen LogP contribution in [0.3, 0.4) is 0 Å². The largest absolute Gasteiger partial charge is 0.507 e. The molecule has 0 spiro atoms. The van der Waals surface area contributed by atoms with E-state index in [0.717, 1.165) is 72.5 Å². The van der Waals surface area contributed by atoms with Crippen LogP contribution in [0.5, 0.6) is 5.75 Å². The molecule has 0 bridgehead atoms. The van der Waals surface area contributed by atoms with Crippen LogP contribution in [0.25, 0.3) is 83.9 Å². The second kappa shape index (κ2) is 17.6. The summed E-state index contributed by atoms with van der Waals surface area (Å²) in [6.45, 7) is 20.3. The van der Waals surface area contributed by atoms with Gasteiger partial charge in [0.1, 0.15) is 11.6 Å². The second-order valence-corrected chi connectivity index (χ2v) is 20.1. The Bertz CT molecular complexity index is 3150. The molecule has 0 amide bonds. The number of aromatic nitrogens is 3. The molecule has 0 aliphatic carbocycles. The van der Waals surface area contributed by atoms with Crippen molar-refractivity contribution in [3.8, 4) is 78.6 Å². The summed E-state index contributed by atoms with van der Waals surface area (Å²) in [4.78, 5) is 10.5. The minimum absolute atomic E-state index is 0. The third kappa shape index (κ3) is 9.02. The Labute approximate surface area is 399 Å². The predicted octanol–water partition coefficient (Wildman–Crippen LogP) is 15.8. The standard InChI is InChI=1S/C60H56N3O.Pt/c1-58(2,3)45-29-27-39(28-30-45)42-31-32-61-52(36-42)44-33-43(34-46(35-44)59(4,5)6)47-24-18-25-53-56(47)62-57(48-23-16-17-26-55(48)64)63(53)54-38-49(40-19-12-10-13-20-40)51(60(7,8)9)37-50(54)41-21-14-11-15-22-41;/h10-32,34-38,64H,1-9H3;/q-1;. The van der Waals surface area contributed by atoms with Gasteiger partial charge in [0.05, 0.1) is 22.3 Å². The summed E-state index contributed by atoms with van der Waals surface area (Å²) in [6.07, 6.45) is 1.90. The SMILES string of the molecule is CC(C)(C)c1ccc(-c2ccnc(-c3[c-]c(-c4cccc5c4nc(-c4ccccc4O)n5-c4cc(-c5ccccc5)c(C(C)(C)C)cc4-c4ccccc4)cc(C(C)(C)C)c3)c2)cc1.[Pt]. The minimum atomic E-state index is -0.166. The van der Waals surface area contributed by atoms with E-state index in [2.05, 4.69) is 212 Å². The minimum Gasteiger partial charge on any atom is -0.507 e. The van der Waals surface area contributed by atoms with Gasteiger partial charge in [-0.2, -0.15) is 0 Å². The van der Waals surface area contributed by atoms with E-state index >= 15 is 0 Å². The molecule has 4 nitrogen and oxygen atoms in total. The molecule has 0 saturated carbocycles. The Morgan fingerprint density at radius 1 is 0.477 bits per heavy atom. The zero-order valence-corrected chi connectivity index (χ0v) is 41.0. The van der Waals surface area contributed by atoms with E-state index in [1.165, 1.54) is 16.7 Å². The first-order valence-electron chi connectivity index (χ1n) is 22.3. The number of phenols is 1. The van der Waals surface area contributed by atoms with Crippen molar-refractivity contribution < 1.29 is 26.2 Å². The number of rotatable bonds is 7. The van der Waals surface area contributed by atoms with Crippen molar-refractivity contribution in [2.75, 3.05) is 0 Å². The monoisotopic (exact) mass is 1030 g/mol. The number of para-hydroxylation sites is 2. The van der Waals surface area contributed by atoms with Crippen LogP contribution in [0.2, 0.25) is 0 Å². The maximum atomic E-state index is 11.6. The van der Waals surface area contributed by atoms with E-state index < -0.39 is 0 Å². The number of nitrogens with zero attached hydrogens (tertiary/aromatic N) is 3. The van der Waals surface area contributed by atoms with E-state index in [1.807, 2.05) is 24.4 Å². The fourth-order valence-electron chi connectivity index (χ4n) is 8.71. The number of imidazole rings is 1. The summed E-state index contributed by atoms with van der Waals surface area (Å²) in [6, 6.07) is 61.3. The maximum absolute atomic E-state index is 11.6. The van der Waals surface area contributed by atoms with Gasteiger partial charge in [-0.25, -0.2) is 4.98 Å². The molecule has 1 N–H and O–H groups in total. The van der Waals surface area contributed by atoms with Crippen molar-refractivity contribution in [3.63, 3.8) is 0 Å². The molecular weight excluding hydrogens is 974 g/mol. The molecule has 328 valence electrons. The molecule has 5 heteroatoms. The average molecular weight is 1030 g/mol. The molecular formula is C60H56N3OPt-. The number of pyridine rings is 1. The number of aromatic hydroxyl groups is 1. The fourth-order valence-corrected chi connectivity index (χ4v) is 8.71. The molecule has 0 saturated heterocycles. The molecule has 9 rings (SSSR count). The molecule has 2 aromatic heterocycles. The van der Waals surface area contributed by atoms with Gasteiger partial charge in [-0.05, 0) is 91.6 Å². The van der Waals surface area contributed by atoms with Crippen molar-refractivity contribution >= 4 is 11.0 Å². The van der Waals surface area contributed by atoms with Crippen molar-refractivity contribution in [1.82, 2.24) is 14.5 Å². The van der Waals surface area contributed by atoms with Crippen LogP contribution in [0.15, 0.2) is 170 Å². The van der Waals surface area contributed by atoms with E-state index in [9.17, 15) is 5.11 Å². The maximum Gasteiger partial charge on any atom is 0.148 e. The Kier molecular flexibility index (Phi) is 12.2. The van der Waals surface area contributed by atoms with Gasteiger partial charge in [0.15, 0.2) is 0 Å². The summed E-state index contributed by atoms with van der Waals surface area (Å²) in [7, 11) is 0. The first-order valence-corrected chi connectivity index (χ1v) is 22.3. The van der Waals surface area contributed by atoms with Gasteiger partial charge in [-0.15, -0.1) is 29.3 Å². The molecule has 0 fully saturated rings. The number of fused-ring (bicyclic) bond motifs is 1. The first kappa shape index (κ1) is 45.2. The van der Waals surface area contributed by atoms with Gasteiger partial charge in [0.25, 0.3) is 0 Å². The predicted molar refractivity (Wildman–Crippen MR) is 268 cm³/mol. The zero-order chi connectivity index (χ0) is 45.0. The normalized spacial score (nSPS) is 12.0. The Morgan fingerprint density at radius 3 is 1.71 bits per heavy atom. The van der Waals surface area contributed by atoms with E-state index in [-0.39, 0.29) is 43.1 Å². The van der Waals surface area contributed by atoms with Crippen molar-refractivity contribution in [2.24, 2.45) is 0 Å². The molecule has 0 aliphatic rings. The summed E-state index contributed by atoms with van der Waals surface area (Å²) in [5, 5.41) is 11.6. The number of hydrogen-bond donors (Lipinski definition) is 1. The fraction of sp³-hybridized carbons (Fsp3) is 0.200. The average Bonchev–Trinajstić information content (AvgIpc) is 3.68. The van der Waals surface area contributed by atoms with Gasteiger partial charge in [0.2, 0.25) is 0 Å². The Morgan fingerprint density at radius 2 is 1.08 bits per heavy atom. The first-order chi connectivity index (χ1) is 30.5. The van der Waals surface area contributed by atoms with Gasteiger partial charge in [-0.1, -0.05) is 189 Å².